The molecule has 0 fully saturated rings. The monoisotopic (exact) mass is 348 g/mol. The van der Waals surface area contributed by atoms with E-state index in [2.05, 4.69) is 69.8 Å². The van der Waals surface area contributed by atoms with Crippen molar-refractivity contribution in [2.45, 2.75) is 52.4 Å². The maximum Gasteiger partial charge on any atom is 0.246 e. The highest BCUT2D eigenvalue weighted by atomic mass is 16.3. The highest BCUT2D eigenvalue weighted by Crippen LogP contribution is 2.34. The Bertz CT molecular complexity index is 1110. The fraction of sp³-hybridized carbons (Fsp3) is 0.381. The first-order chi connectivity index (χ1) is 12.1. The van der Waals surface area contributed by atoms with Gasteiger partial charge in [0.05, 0.1) is 11.7 Å². The average molecular weight is 348 g/mol. The molecule has 0 atom stereocenters. The minimum absolute atomic E-state index is 0.0281. The van der Waals surface area contributed by atoms with Crippen molar-refractivity contribution < 1.29 is 4.42 Å². The summed E-state index contributed by atoms with van der Waals surface area (Å²) in [4.78, 5) is 8.90. The van der Waals surface area contributed by atoms with E-state index in [0.717, 1.165) is 22.3 Å². The number of oxazole rings is 1. The van der Waals surface area contributed by atoms with Gasteiger partial charge in [-0.2, -0.15) is 5.10 Å². The molecule has 0 saturated heterocycles. The Kier molecular flexibility index (Phi) is 3.48. The van der Waals surface area contributed by atoms with Gasteiger partial charge in [0.15, 0.2) is 5.58 Å². The molecule has 0 saturated carbocycles. The zero-order chi connectivity index (χ0) is 18.7. The van der Waals surface area contributed by atoms with Crippen LogP contribution in [0.25, 0.3) is 28.2 Å². The van der Waals surface area contributed by atoms with Crippen molar-refractivity contribution in [3.05, 3.63) is 47.9 Å². The van der Waals surface area contributed by atoms with E-state index in [1.54, 1.807) is 6.33 Å². The topological polar surface area (TPSA) is 56.2 Å². The summed E-state index contributed by atoms with van der Waals surface area (Å²) in [5.74, 6) is 0.579. The van der Waals surface area contributed by atoms with Crippen LogP contribution in [0, 0.1) is 0 Å². The summed E-state index contributed by atoms with van der Waals surface area (Å²) in [6.45, 7) is 13.1. The van der Waals surface area contributed by atoms with E-state index in [-0.39, 0.29) is 10.8 Å². The lowest BCUT2D eigenvalue weighted by Crippen LogP contribution is -2.10. The Morgan fingerprint density at radius 2 is 1.73 bits per heavy atom. The minimum Gasteiger partial charge on any atom is -0.435 e. The van der Waals surface area contributed by atoms with Crippen LogP contribution in [0.15, 0.2) is 41.2 Å². The minimum atomic E-state index is -0.0281. The van der Waals surface area contributed by atoms with Gasteiger partial charge < -0.3 is 4.42 Å². The SMILES string of the molecule is CC(C)(C)c1ccc2nc(-c3cc(C(C)(C)C)c4cncnn34)oc2c1. The molecule has 0 aliphatic heterocycles. The zero-order valence-electron chi connectivity index (χ0n) is 16.2. The van der Waals surface area contributed by atoms with Gasteiger partial charge in [0.1, 0.15) is 17.5 Å². The molecule has 0 bridgehead atoms. The molecule has 5 nitrogen and oxygen atoms in total. The summed E-state index contributed by atoms with van der Waals surface area (Å²) in [6.07, 6.45) is 3.39. The standard InChI is InChI=1S/C21H24N4O/c1-20(2,3)13-7-8-15-18(9-13)26-19(24-15)16-10-14(21(4,5)6)17-11-22-12-23-25(16)17/h7-12H,1-6H3. The van der Waals surface area contributed by atoms with Gasteiger partial charge in [-0.1, -0.05) is 47.6 Å². The maximum absolute atomic E-state index is 6.13. The van der Waals surface area contributed by atoms with Crippen LogP contribution in [0.2, 0.25) is 0 Å². The Morgan fingerprint density at radius 1 is 0.962 bits per heavy atom. The largest absolute Gasteiger partial charge is 0.435 e. The van der Waals surface area contributed by atoms with Crippen molar-refractivity contribution in [2.24, 2.45) is 0 Å². The summed E-state index contributed by atoms with van der Waals surface area (Å²) in [5.41, 5.74) is 5.92. The van der Waals surface area contributed by atoms with E-state index in [9.17, 15) is 0 Å². The highest BCUT2D eigenvalue weighted by molar-refractivity contribution is 5.78. The Labute approximate surface area is 153 Å². The molecular weight excluding hydrogens is 324 g/mol. The maximum atomic E-state index is 6.13. The fourth-order valence-corrected chi connectivity index (χ4v) is 3.20. The van der Waals surface area contributed by atoms with Gasteiger partial charge in [0.2, 0.25) is 5.89 Å². The molecule has 0 aliphatic rings. The number of hydrogen-bond acceptors (Lipinski definition) is 4. The van der Waals surface area contributed by atoms with Crippen LogP contribution in [-0.2, 0) is 10.8 Å². The zero-order valence-corrected chi connectivity index (χ0v) is 16.2. The van der Waals surface area contributed by atoms with Crippen LogP contribution < -0.4 is 0 Å². The van der Waals surface area contributed by atoms with Gasteiger partial charge in [0, 0.05) is 0 Å². The number of aromatic nitrogens is 4. The normalized spacial score (nSPS) is 13.0. The van der Waals surface area contributed by atoms with Crippen LogP contribution >= 0.6 is 0 Å². The van der Waals surface area contributed by atoms with Gasteiger partial charge in [-0.25, -0.2) is 14.5 Å². The van der Waals surface area contributed by atoms with Crippen molar-refractivity contribution in [3.8, 4) is 11.6 Å². The lowest BCUT2D eigenvalue weighted by molar-refractivity contribution is 0.583. The molecule has 0 aliphatic carbocycles. The fourth-order valence-electron chi connectivity index (χ4n) is 3.20. The van der Waals surface area contributed by atoms with Crippen LogP contribution in [0.1, 0.15) is 52.7 Å². The second-order valence-corrected chi connectivity index (χ2v) is 8.85. The van der Waals surface area contributed by atoms with Gasteiger partial charge in [-0.3, -0.25) is 0 Å². The summed E-state index contributed by atoms with van der Waals surface area (Å²) < 4.78 is 8.00. The van der Waals surface area contributed by atoms with Crippen LogP contribution in [0.5, 0.6) is 0 Å². The molecule has 3 heterocycles. The predicted molar refractivity (Wildman–Crippen MR) is 103 cm³/mol. The van der Waals surface area contributed by atoms with Crippen LogP contribution in [0.4, 0.5) is 0 Å². The lowest BCUT2D eigenvalue weighted by Gasteiger charge is -2.18. The van der Waals surface area contributed by atoms with Crippen molar-refractivity contribution in [1.29, 1.82) is 0 Å². The third-order valence-corrected chi connectivity index (χ3v) is 4.73. The van der Waals surface area contributed by atoms with E-state index in [0.29, 0.717) is 5.89 Å². The average Bonchev–Trinajstić information content (AvgIpc) is 3.14. The summed E-state index contributed by atoms with van der Waals surface area (Å²) >= 11 is 0. The summed E-state index contributed by atoms with van der Waals surface area (Å²) in [6, 6.07) is 8.34. The molecule has 134 valence electrons. The van der Waals surface area contributed by atoms with E-state index in [1.807, 2.05) is 16.8 Å². The molecule has 0 radical (unpaired) electrons. The molecule has 3 aromatic heterocycles. The molecule has 0 amide bonds. The van der Waals surface area contributed by atoms with Crippen molar-refractivity contribution in [3.63, 3.8) is 0 Å². The Balaban J connectivity index is 1.93. The smallest absolute Gasteiger partial charge is 0.246 e. The second-order valence-electron chi connectivity index (χ2n) is 8.85. The van der Waals surface area contributed by atoms with Gasteiger partial charge in [0.25, 0.3) is 0 Å². The molecule has 4 aromatic rings. The number of nitrogens with zero attached hydrogens (tertiary/aromatic N) is 4. The first kappa shape index (κ1) is 16.8. The predicted octanol–water partition coefficient (Wildman–Crippen LogP) is 5.13. The Hall–Kier alpha value is -2.69. The molecule has 5 heteroatoms. The van der Waals surface area contributed by atoms with Gasteiger partial charge in [-0.15, -0.1) is 0 Å². The third kappa shape index (κ3) is 2.68. The first-order valence-electron chi connectivity index (χ1n) is 8.88. The highest BCUT2D eigenvalue weighted by Gasteiger charge is 2.24. The summed E-state index contributed by atoms with van der Waals surface area (Å²) in [7, 11) is 0. The molecule has 26 heavy (non-hydrogen) atoms. The lowest BCUT2D eigenvalue weighted by atomic mass is 9.87. The van der Waals surface area contributed by atoms with Crippen LogP contribution in [-0.4, -0.2) is 19.6 Å². The second kappa shape index (κ2) is 5.40. The van der Waals surface area contributed by atoms with E-state index in [1.165, 1.54) is 11.1 Å². The van der Waals surface area contributed by atoms with E-state index >= 15 is 0 Å². The molecule has 4 rings (SSSR count). The molecule has 1 aromatic carbocycles. The number of hydrogen-bond donors (Lipinski definition) is 0. The number of rotatable bonds is 1. The molecule has 0 spiro atoms. The first-order valence-corrected chi connectivity index (χ1v) is 8.88. The third-order valence-electron chi connectivity index (χ3n) is 4.73. The van der Waals surface area contributed by atoms with Crippen LogP contribution in [0.3, 0.4) is 0 Å². The number of benzene rings is 1. The number of fused-ring (bicyclic) bond motifs is 2. The van der Waals surface area contributed by atoms with Crippen molar-refractivity contribution in [2.75, 3.05) is 0 Å². The van der Waals surface area contributed by atoms with E-state index < -0.39 is 0 Å². The van der Waals surface area contributed by atoms with E-state index in [4.69, 9.17) is 9.40 Å². The van der Waals surface area contributed by atoms with Gasteiger partial charge >= 0.3 is 0 Å². The summed E-state index contributed by atoms with van der Waals surface area (Å²) in [5, 5.41) is 4.42. The van der Waals surface area contributed by atoms with Crippen molar-refractivity contribution in [1.82, 2.24) is 19.6 Å². The van der Waals surface area contributed by atoms with Gasteiger partial charge in [-0.05, 0) is 40.2 Å². The quantitative estimate of drug-likeness (QED) is 0.478. The molecule has 0 unspecified atom stereocenters. The molecule has 0 N–H and O–H groups in total. The van der Waals surface area contributed by atoms with Crippen molar-refractivity contribution >= 4 is 16.6 Å². The molecular formula is C21H24N4O. The Morgan fingerprint density at radius 3 is 2.42 bits per heavy atom.